The molecule has 1 aliphatic heterocycles. The Bertz CT molecular complexity index is 962. The third-order valence-corrected chi connectivity index (χ3v) is 5.79. The van der Waals surface area contributed by atoms with E-state index in [9.17, 15) is 9.90 Å². The van der Waals surface area contributed by atoms with Crippen molar-refractivity contribution in [2.75, 3.05) is 32.1 Å². The van der Waals surface area contributed by atoms with Gasteiger partial charge in [0.2, 0.25) is 0 Å². The molecule has 7 heteroatoms. The van der Waals surface area contributed by atoms with E-state index in [4.69, 9.17) is 14.2 Å². The van der Waals surface area contributed by atoms with Gasteiger partial charge in [-0.2, -0.15) is 0 Å². The summed E-state index contributed by atoms with van der Waals surface area (Å²) in [5, 5.41) is 12.1. The second-order valence-corrected chi connectivity index (χ2v) is 8.47. The number of nitrogens with one attached hydrogen (secondary N) is 1. The maximum Gasteiger partial charge on any atom is 0.411 e. The summed E-state index contributed by atoms with van der Waals surface area (Å²) in [6.45, 7) is 11.1. The molecule has 4 unspecified atom stereocenters. The van der Waals surface area contributed by atoms with Crippen molar-refractivity contribution in [2.24, 2.45) is 5.92 Å². The number of benzene rings is 2. The van der Waals surface area contributed by atoms with Crippen LogP contribution < -0.4 is 5.32 Å². The van der Waals surface area contributed by atoms with Crippen LogP contribution in [0.1, 0.15) is 36.0 Å². The van der Waals surface area contributed by atoms with Crippen LogP contribution in [0.15, 0.2) is 73.8 Å². The van der Waals surface area contributed by atoms with Crippen molar-refractivity contribution in [1.82, 2.24) is 4.90 Å². The van der Waals surface area contributed by atoms with Crippen molar-refractivity contribution in [3.63, 3.8) is 0 Å². The second kappa shape index (κ2) is 12.5. The zero-order valence-electron chi connectivity index (χ0n) is 19.9. The quantitative estimate of drug-likeness (QED) is 0.489. The molecule has 0 radical (unpaired) electrons. The number of carbonyl (C=O) groups is 1. The zero-order chi connectivity index (χ0) is 24.5. The number of aliphatic hydroxyl groups is 1. The van der Waals surface area contributed by atoms with Gasteiger partial charge in [0.25, 0.3) is 0 Å². The Morgan fingerprint density at radius 1 is 1.15 bits per heavy atom. The van der Waals surface area contributed by atoms with Gasteiger partial charge in [-0.25, -0.2) is 4.79 Å². The fraction of sp³-hybridized carbons (Fsp3) is 0.370. The predicted molar refractivity (Wildman–Crippen MR) is 132 cm³/mol. The van der Waals surface area contributed by atoms with Gasteiger partial charge in [-0.15, -0.1) is 6.58 Å². The van der Waals surface area contributed by atoms with Gasteiger partial charge >= 0.3 is 6.09 Å². The Labute approximate surface area is 201 Å². The molecule has 0 aromatic heterocycles. The van der Waals surface area contributed by atoms with Crippen LogP contribution in [0.25, 0.3) is 0 Å². The SMILES string of the molecule is C=CCOC(=O)Nc1cccc(C2OC(CN(C)CC=C)C(C)C(c3ccc(CO)cc3)O2)c1. The maximum absolute atomic E-state index is 12.0. The van der Waals surface area contributed by atoms with Gasteiger partial charge in [0.05, 0.1) is 18.8 Å². The van der Waals surface area contributed by atoms with Crippen LogP contribution in [-0.2, 0) is 20.8 Å². The lowest BCUT2D eigenvalue weighted by atomic mass is 9.90. The Hall–Kier alpha value is -2.97. The van der Waals surface area contributed by atoms with Crippen molar-refractivity contribution in [1.29, 1.82) is 0 Å². The van der Waals surface area contributed by atoms with Crippen molar-refractivity contribution in [2.45, 2.75) is 32.0 Å². The average Bonchev–Trinajstić information content (AvgIpc) is 2.84. The molecule has 0 spiro atoms. The largest absolute Gasteiger partial charge is 0.445 e. The number of nitrogens with zero attached hydrogens (tertiary/aromatic N) is 1. The molecule has 1 heterocycles. The first kappa shape index (κ1) is 25.6. The minimum Gasteiger partial charge on any atom is -0.445 e. The first-order chi connectivity index (χ1) is 16.4. The summed E-state index contributed by atoms with van der Waals surface area (Å²) in [5.41, 5.74) is 3.25. The molecule has 0 saturated carbocycles. The van der Waals surface area contributed by atoms with Crippen LogP contribution in [0.3, 0.4) is 0 Å². The summed E-state index contributed by atoms with van der Waals surface area (Å²) >= 11 is 0. The molecular weight excluding hydrogens is 432 g/mol. The third-order valence-electron chi connectivity index (χ3n) is 5.79. The highest BCUT2D eigenvalue weighted by Gasteiger charge is 2.38. The second-order valence-electron chi connectivity index (χ2n) is 8.47. The Morgan fingerprint density at radius 3 is 2.59 bits per heavy atom. The number of anilines is 1. The molecule has 0 aliphatic carbocycles. The maximum atomic E-state index is 12.0. The van der Waals surface area contributed by atoms with Crippen LogP contribution in [0, 0.1) is 5.92 Å². The molecule has 3 rings (SSSR count). The van der Waals surface area contributed by atoms with E-state index in [2.05, 4.69) is 30.3 Å². The number of rotatable bonds is 10. The van der Waals surface area contributed by atoms with Gasteiger partial charge in [0, 0.05) is 30.3 Å². The summed E-state index contributed by atoms with van der Waals surface area (Å²) in [6.07, 6.45) is 1.90. The molecule has 2 aromatic carbocycles. The number of carbonyl (C=O) groups excluding carboxylic acids is 1. The number of amides is 1. The molecule has 34 heavy (non-hydrogen) atoms. The molecule has 1 saturated heterocycles. The number of hydrogen-bond donors (Lipinski definition) is 2. The summed E-state index contributed by atoms with van der Waals surface area (Å²) in [4.78, 5) is 14.1. The monoisotopic (exact) mass is 466 g/mol. The third kappa shape index (κ3) is 6.77. The topological polar surface area (TPSA) is 80.3 Å². The van der Waals surface area contributed by atoms with Crippen LogP contribution in [0.2, 0.25) is 0 Å². The van der Waals surface area contributed by atoms with E-state index in [1.54, 1.807) is 6.07 Å². The molecule has 4 atom stereocenters. The highest BCUT2D eigenvalue weighted by molar-refractivity contribution is 5.84. The summed E-state index contributed by atoms with van der Waals surface area (Å²) < 4.78 is 17.9. The highest BCUT2D eigenvalue weighted by Crippen LogP contribution is 2.42. The molecule has 7 nitrogen and oxygen atoms in total. The van der Waals surface area contributed by atoms with Crippen LogP contribution in [0.4, 0.5) is 10.5 Å². The lowest BCUT2D eigenvalue weighted by Gasteiger charge is -2.42. The van der Waals surface area contributed by atoms with Crippen LogP contribution in [-0.4, -0.2) is 48.9 Å². The first-order valence-electron chi connectivity index (χ1n) is 11.4. The molecule has 0 bridgehead atoms. The highest BCUT2D eigenvalue weighted by atomic mass is 16.7. The first-order valence-corrected chi connectivity index (χ1v) is 11.4. The number of hydrogen-bond acceptors (Lipinski definition) is 6. The standard InChI is InChI=1S/C27H34N2O5/c1-5-14-29(4)17-24-19(3)25(21-12-10-20(18-30)11-13-21)34-26(33-24)22-8-7-9-23(16-22)28-27(31)32-15-6-2/h5-13,16,19,24-26,30H,1-2,14-15,17-18H2,3-4H3,(H,28,31). The summed E-state index contributed by atoms with van der Waals surface area (Å²) in [5.74, 6) is 0.0821. The summed E-state index contributed by atoms with van der Waals surface area (Å²) in [7, 11) is 2.03. The number of likely N-dealkylation sites (N-methyl/N-ethyl adjacent to an activating group) is 1. The minimum atomic E-state index is -0.619. The lowest BCUT2D eigenvalue weighted by molar-refractivity contribution is -0.275. The van der Waals surface area contributed by atoms with E-state index >= 15 is 0 Å². The molecule has 1 amide bonds. The number of ether oxygens (including phenoxy) is 3. The van der Waals surface area contributed by atoms with Gasteiger partial charge in [0.1, 0.15) is 6.61 Å². The molecule has 1 fully saturated rings. The molecule has 182 valence electrons. The number of aliphatic hydroxyl groups excluding tert-OH is 1. The molecule has 2 aromatic rings. The Balaban J connectivity index is 1.85. The van der Waals surface area contributed by atoms with Crippen LogP contribution in [0.5, 0.6) is 0 Å². The van der Waals surface area contributed by atoms with Crippen molar-refractivity contribution in [3.05, 3.63) is 90.5 Å². The van der Waals surface area contributed by atoms with E-state index in [-0.39, 0.29) is 31.3 Å². The van der Waals surface area contributed by atoms with Crippen molar-refractivity contribution >= 4 is 11.8 Å². The van der Waals surface area contributed by atoms with E-state index < -0.39 is 12.4 Å². The zero-order valence-corrected chi connectivity index (χ0v) is 19.9. The van der Waals surface area contributed by atoms with Gasteiger partial charge in [0.15, 0.2) is 6.29 Å². The van der Waals surface area contributed by atoms with Crippen LogP contribution >= 0.6 is 0 Å². The lowest BCUT2D eigenvalue weighted by Crippen LogP contribution is -2.43. The normalized spacial score (nSPS) is 22.2. The summed E-state index contributed by atoms with van der Waals surface area (Å²) in [6, 6.07) is 15.2. The van der Waals surface area contributed by atoms with Gasteiger partial charge in [-0.3, -0.25) is 5.32 Å². The Morgan fingerprint density at radius 2 is 1.91 bits per heavy atom. The van der Waals surface area contributed by atoms with E-state index in [1.807, 2.05) is 55.6 Å². The average molecular weight is 467 g/mol. The van der Waals surface area contributed by atoms with Gasteiger partial charge in [-0.1, -0.05) is 62.1 Å². The fourth-order valence-electron chi connectivity index (χ4n) is 3.98. The van der Waals surface area contributed by atoms with E-state index in [1.165, 1.54) is 6.08 Å². The van der Waals surface area contributed by atoms with E-state index in [0.717, 1.165) is 23.2 Å². The molecule has 1 aliphatic rings. The Kier molecular flexibility index (Phi) is 9.42. The van der Waals surface area contributed by atoms with Gasteiger partial charge < -0.3 is 24.2 Å². The predicted octanol–water partition coefficient (Wildman–Crippen LogP) is 4.82. The fourth-order valence-corrected chi connectivity index (χ4v) is 3.98. The minimum absolute atomic E-state index is 0.00288. The van der Waals surface area contributed by atoms with Gasteiger partial charge in [-0.05, 0) is 30.3 Å². The molecular formula is C27H34N2O5. The van der Waals surface area contributed by atoms with Crippen molar-refractivity contribution in [3.8, 4) is 0 Å². The van der Waals surface area contributed by atoms with Crippen molar-refractivity contribution < 1.29 is 24.1 Å². The van der Waals surface area contributed by atoms with E-state index in [0.29, 0.717) is 12.2 Å². The smallest absolute Gasteiger partial charge is 0.411 e. The molecule has 2 N–H and O–H groups in total.